The Hall–Kier alpha value is -1.06. The Kier molecular flexibility index (Phi) is 3.88. The van der Waals surface area contributed by atoms with Gasteiger partial charge in [0.15, 0.2) is 0 Å². The topological polar surface area (TPSA) is 66.4 Å². The smallest absolute Gasteiger partial charge is 0.307 e. The summed E-state index contributed by atoms with van der Waals surface area (Å²) in [4.78, 5) is 23.4. The number of rotatable bonds is 5. The van der Waals surface area contributed by atoms with Crippen molar-refractivity contribution in [1.29, 1.82) is 0 Å². The maximum Gasteiger partial charge on any atom is 0.307 e. The summed E-state index contributed by atoms with van der Waals surface area (Å²) in [5.74, 6) is -0.743. The standard InChI is InChI=1S/C15H25NO3/c1-4-9-5-11(12(6-9)14(18)19)13(17)16-8-10-7-15(10,2)3/h9-12H,4-8H2,1-3H3,(H,16,17)(H,18,19)/t9?,10?,11-,12+/m0/s1. The molecular formula is C15H25NO3. The molecule has 0 aromatic carbocycles. The molecule has 2 fully saturated rings. The molecule has 0 saturated heterocycles. The summed E-state index contributed by atoms with van der Waals surface area (Å²) in [6.45, 7) is 7.17. The van der Waals surface area contributed by atoms with Crippen LogP contribution in [0.5, 0.6) is 0 Å². The highest BCUT2D eigenvalue weighted by Gasteiger charge is 2.46. The van der Waals surface area contributed by atoms with Crippen LogP contribution >= 0.6 is 0 Å². The van der Waals surface area contributed by atoms with Crippen molar-refractivity contribution in [3.63, 3.8) is 0 Å². The normalized spacial score (nSPS) is 35.9. The summed E-state index contributed by atoms with van der Waals surface area (Å²) in [6, 6.07) is 0. The molecule has 0 heterocycles. The SMILES string of the molecule is CCC1C[C@H](C(=O)NCC2CC2(C)C)[C@H](C(=O)O)C1. The number of nitrogens with one attached hydrogen (secondary N) is 1. The highest BCUT2D eigenvalue weighted by molar-refractivity contribution is 5.85. The number of aliphatic carboxylic acids is 1. The van der Waals surface area contributed by atoms with Gasteiger partial charge in [-0.1, -0.05) is 27.2 Å². The van der Waals surface area contributed by atoms with Crippen molar-refractivity contribution in [2.45, 2.75) is 46.5 Å². The van der Waals surface area contributed by atoms with Crippen LogP contribution in [-0.2, 0) is 9.59 Å². The second-order valence-electron chi connectivity index (χ2n) is 6.93. The second-order valence-corrected chi connectivity index (χ2v) is 6.93. The van der Waals surface area contributed by atoms with Gasteiger partial charge < -0.3 is 10.4 Å². The Morgan fingerprint density at radius 1 is 1.26 bits per heavy atom. The predicted molar refractivity (Wildman–Crippen MR) is 72.5 cm³/mol. The molecule has 2 unspecified atom stereocenters. The van der Waals surface area contributed by atoms with Crippen molar-refractivity contribution in [2.24, 2.45) is 29.1 Å². The van der Waals surface area contributed by atoms with Crippen LogP contribution in [-0.4, -0.2) is 23.5 Å². The first-order valence-electron chi connectivity index (χ1n) is 7.35. The van der Waals surface area contributed by atoms with Crippen LogP contribution in [0, 0.1) is 29.1 Å². The molecule has 0 radical (unpaired) electrons. The Labute approximate surface area is 115 Å². The summed E-state index contributed by atoms with van der Waals surface area (Å²) in [5.41, 5.74) is 0.348. The van der Waals surface area contributed by atoms with E-state index >= 15 is 0 Å². The van der Waals surface area contributed by atoms with Gasteiger partial charge in [0.25, 0.3) is 0 Å². The zero-order valence-electron chi connectivity index (χ0n) is 12.1. The largest absolute Gasteiger partial charge is 0.481 e. The molecule has 2 aliphatic carbocycles. The van der Waals surface area contributed by atoms with Crippen LogP contribution in [0.1, 0.15) is 46.5 Å². The van der Waals surface area contributed by atoms with E-state index in [0.717, 1.165) is 19.3 Å². The zero-order valence-corrected chi connectivity index (χ0v) is 12.1. The van der Waals surface area contributed by atoms with E-state index in [9.17, 15) is 14.7 Å². The van der Waals surface area contributed by atoms with Gasteiger partial charge in [-0.25, -0.2) is 0 Å². The first kappa shape index (κ1) is 14.4. The molecule has 1 amide bonds. The summed E-state index contributed by atoms with van der Waals surface area (Å²) in [6.07, 6.45) is 3.49. The van der Waals surface area contributed by atoms with Gasteiger partial charge in [0.2, 0.25) is 5.91 Å². The van der Waals surface area contributed by atoms with Gasteiger partial charge in [-0.3, -0.25) is 9.59 Å². The van der Waals surface area contributed by atoms with Crippen molar-refractivity contribution in [3.8, 4) is 0 Å². The van der Waals surface area contributed by atoms with Crippen molar-refractivity contribution < 1.29 is 14.7 Å². The Bertz CT molecular complexity index is 378. The third kappa shape index (κ3) is 3.10. The van der Waals surface area contributed by atoms with Gasteiger partial charge >= 0.3 is 5.97 Å². The molecule has 0 aliphatic heterocycles. The molecule has 4 heteroatoms. The number of carbonyl (C=O) groups is 2. The number of hydrogen-bond acceptors (Lipinski definition) is 2. The lowest BCUT2D eigenvalue weighted by Crippen LogP contribution is -2.36. The van der Waals surface area contributed by atoms with Gasteiger partial charge in [-0.15, -0.1) is 0 Å². The average molecular weight is 267 g/mol. The number of hydrogen-bond donors (Lipinski definition) is 2. The third-order valence-electron chi connectivity index (χ3n) is 5.13. The van der Waals surface area contributed by atoms with Crippen LogP contribution in [0.2, 0.25) is 0 Å². The van der Waals surface area contributed by atoms with E-state index in [1.807, 2.05) is 0 Å². The Morgan fingerprint density at radius 2 is 1.84 bits per heavy atom. The monoisotopic (exact) mass is 267 g/mol. The molecule has 0 aromatic heterocycles. The first-order chi connectivity index (χ1) is 8.85. The molecule has 4 atom stereocenters. The van der Waals surface area contributed by atoms with Gasteiger partial charge in [-0.2, -0.15) is 0 Å². The van der Waals surface area contributed by atoms with Gasteiger partial charge in [-0.05, 0) is 36.5 Å². The molecule has 0 spiro atoms. The third-order valence-corrected chi connectivity index (χ3v) is 5.13. The highest BCUT2D eigenvalue weighted by Crippen LogP contribution is 2.51. The maximum atomic E-state index is 12.2. The maximum absolute atomic E-state index is 12.2. The van der Waals surface area contributed by atoms with E-state index in [1.54, 1.807) is 0 Å². The molecule has 2 saturated carbocycles. The Morgan fingerprint density at radius 3 is 2.32 bits per heavy atom. The van der Waals surface area contributed by atoms with Gasteiger partial charge in [0.1, 0.15) is 0 Å². The summed E-state index contributed by atoms with van der Waals surface area (Å²) in [7, 11) is 0. The van der Waals surface area contributed by atoms with E-state index in [1.165, 1.54) is 0 Å². The van der Waals surface area contributed by atoms with E-state index in [2.05, 4.69) is 26.1 Å². The minimum atomic E-state index is -0.817. The molecule has 19 heavy (non-hydrogen) atoms. The average Bonchev–Trinajstić information content (AvgIpc) is 2.78. The molecule has 2 aliphatic rings. The fourth-order valence-electron chi connectivity index (χ4n) is 3.32. The minimum absolute atomic E-state index is 0.0500. The second kappa shape index (κ2) is 5.14. The van der Waals surface area contributed by atoms with Gasteiger partial charge in [0.05, 0.1) is 11.8 Å². The lowest BCUT2D eigenvalue weighted by molar-refractivity contribution is -0.146. The van der Waals surface area contributed by atoms with Crippen LogP contribution in [0.3, 0.4) is 0 Å². The molecule has 4 nitrogen and oxygen atoms in total. The van der Waals surface area contributed by atoms with Crippen molar-refractivity contribution in [2.75, 3.05) is 6.54 Å². The molecule has 2 rings (SSSR count). The lowest BCUT2D eigenvalue weighted by atomic mass is 9.95. The van der Waals surface area contributed by atoms with E-state index in [0.29, 0.717) is 30.2 Å². The van der Waals surface area contributed by atoms with Crippen LogP contribution < -0.4 is 5.32 Å². The van der Waals surface area contributed by atoms with E-state index < -0.39 is 11.9 Å². The fraction of sp³-hybridized carbons (Fsp3) is 0.867. The molecule has 0 bridgehead atoms. The van der Waals surface area contributed by atoms with Crippen LogP contribution in [0.25, 0.3) is 0 Å². The fourth-order valence-corrected chi connectivity index (χ4v) is 3.32. The van der Waals surface area contributed by atoms with Crippen LogP contribution in [0.15, 0.2) is 0 Å². The number of carbonyl (C=O) groups excluding carboxylic acids is 1. The van der Waals surface area contributed by atoms with Crippen molar-refractivity contribution in [3.05, 3.63) is 0 Å². The Balaban J connectivity index is 1.88. The number of amides is 1. The molecule has 108 valence electrons. The summed E-state index contributed by atoms with van der Waals surface area (Å²) in [5, 5.41) is 12.2. The minimum Gasteiger partial charge on any atom is -0.481 e. The van der Waals surface area contributed by atoms with E-state index in [-0.39, 0.29) is 11.8 Å². The highest BCUT2D eigenvalue weighted by atomic mass is 16.4. The zero-order chi connectivity index (χ0) is 14.2. The van der Waals surface area contributed by atoms with Gasteiger partial charge in [0, 0.05) is 6.54 Å². The summed E-state index contributed by atoms with van der Waals surface area (Å²) < 4.78 is 0. The summed E-state index contributed by atoms with van der Waals surface area (Å²) >= 11 is 0. The first-order valence-corrected chi connectivity index (χ1v) is 7.35. The predicted octanol–water partition coefficient (Wildman–Crippen LogP) is 2.29. The van der Waals surface area contributed by atoms with Crippen molar-refractivity contribution >= 4 is 11.9 Å². The van der Waals surface area contributed by atoms with Crippen molar-refractivity contribution in [1.82, 2.24) is 5.32 Å². The quantitative estimate of drug-likeness (QED) is 0.803. The number of carboxylic acids is 1. The molecule has 0 aromatic rings. The number of carboxylic acid groups (broad SMARTS) is 1. The molecular weight excluding hydrogens is 242 g/mol. The lowest BCUT2D eigenvalue weighted by Gasteiger charge is -2.15. The van der Waals surface area contributed by atoms with E-state index in [4.69, 9.17) is 0 Å². The molecule has 2 N–H and O–H groups in total. The van der Waals surface area contributed by atoms with Crippen LogP contribution in [0.4, 0.5) is 0 Å².